The molecule has 4 nitrogen and oxygen atoms in total. The molecule has 0 aliphatic rings. The van der Waals surface area contributed by atoms with Gasteiger partial charge in [-0.15, -0.1) is 0 Å². The van der Waals surface area contributed by atoms with E-state index in [1.165, 1.54) is 0 Å². The van der Waals surface area contributed by atoms with Crippen LogP contribution in [0.25, 0.3) is 0 Å². The molecule has 16 heavy (non-hydrogen) atoms. The Labute approximate surface area is 96.9 Å². The number of benzene rings is 1. The Balaban J connectivity index is 2.79. The van der Waals surface area contributed by atoms with Crippen LogP contribution >= 0.6 is 0 Å². The summed E-state index contributed by atoms with van der Waals surface area (Å²) in [7, 11) is -3.26. The molecule has 1 rings (SSSR count). The van der Waals surface area contributed by atoms with Crippen molar-refractivity contribution in [1.29, 1.82) is 0 Å². The van der Waals surface area contributed by atoms with Crippen LogP contribution in [-0.2, 0) is 16.4 Å². The van der Waals surface area contributed by atoms with Crippen molar-refractivity contribution < 1.29 is 8.42 Å². The molecule has 0 saturated carbocycles. The zero-order chi connectivity index (χ0) is 12.0. The van der Waals surface area contributed by atoms with E-state index in [9.17, 15) is 8.42 Å². The summed E-state index contributed by atoms with van der Waals surface area (Å²) in [5, 5.41) is 0. The van der Waals surface area contributed by atoms with Crippen LogP contribution in [0.1, 0.15) is 18.9 Å². The number of hydrogen-bond donors (Lipinski definition) is 2. The number of nitrogens with one attached hydrogen (secondary N) is 1. The van der Waals surface area contributed by atoms with E-state index in [2.05, 4.69) is 4.72 Å². The van der Waals surface area contributed by atoms with Gasteiger partial charge in [-0.25, -0.2) is 8.42 Å². The molecule has 90 valence electrons. The van der Waals surface area contributed by atoms with Gasteiger partial charge < -0.3 is 5.73 Å². The van der Waals surface area contributed by atoms with Crippen molar-refractivity contribution in [1.82, 2.24) is 0 Å². The molecule has 0 fully saturated rings. The van der Waals surface area contributed by atoms with Crippen LogP contribution < -0.4 is 10.5 Å². The minimum absolute atomic E-state index is 0.0710. The zero-order valence-electron chi connectivity index (χ0n) is 9.44. The number of sulfonamides is 1. The quantitative estimate of drug-likeness (QED) is 0.790. The Hall–Kier alpha value is -1.07. The third-order valence-corrected chi connectivity index (χ3v) is 3.64. The van der Waals surface area contributed by atoms with Gasteiger partial charge in [0.2, 0.25) is 10.0 Å². The van der Waals surface area contributed by atoms with Crippen molar-refractivity contribution in [3.63, 3.8) is 0 Å². The van der Waals surface area contributed by atoms with E-state index in [1.807, 2.05) is 25.1 Å². The highest BCUT2D eigenvalue weighted by atomic mass is 32.2. The van der Waals surface area contributed by atoms with Crippen molar-refractivity contribution in [2.45, 2.75) is 19.8 Å². The second-order valence-electron chi connectivity index (χ2n) is 3.57. The van der Waals surface area contributed by atoms with Crippen LogP contribution in [0, 0.1) is 0 Å². The van der Waals surface area contributed by atoms with E-state index < -0.39 is 10.0 Å². The lowest BCUT2D eigenvalue weighted by atomic mass is 10.1. The lowest BCUT2D eigenvalue weighted by molar-refractivity contribution is 0.598. The Morgan fingerprint density at radius 3 is 2.62 bits per heavy atom. The molecule has 0 amide bonds. The second-order valence-corrected chi connectivity index (χ2v) is 5.42. The summed E-state index contributed by atoms with van der Waals surface area (Å²) in [6.45, 7) is 2.38. The van der Waals surface area contributed by atoms with Gasteiger partial charge in [0, 0.05) is 0 Å². The number of nitrogens with two attached hydrogens (primary N) is 1. The maximum absolute atomic E-state index is 11.7. The number of para-hydroxylation sites is 1. The molecule has 0 bridgehead atoms. The summed E-state index contributed by atoms with van der Waals surface area (Å²) in [5.41, 5.74) is 6.96. The van der Waals surface area contributed by atoms with Crippen LogP contribution in [-0.4, -0.2) is 20.7 Å². The largest absolute Gasteiger partial charge is 0.330 e. The molecule has 5 heteroatoms. The first kappa shape index (κ1) is 13.0. The fourth-order valence-electron chi connectivity index (χ4n) is 1.42. The Bertz CT molecular complexity index is 429. The second kappa shape index (κ2) is 5.86. The first-order valence-electron chi connectivity index (χ1n) is 5.37. The third kappa shape index (κ3) is 3.83. The molecule has 0 aliphatic heterocycles. The number of rotatable bonds is 6. The van der Waals surface area contributed by atoms with E-state index in [-0.39, 0.29) is 5.75 Å². The summed E-state index contributed by atoms with van der Waals surface area (Å²) < 4.78 is 25.9. The van der Waals surface area contributed by atoms with E-state index in [0.29, 0.717) is 18.7 Å². The van der Waals surface area contributed by atoms with Crippen LogP contribution in [0.15, 0.2) is 24.3 Å². The Morgan fingerprint density at radius 2 is 2.00 bits per heavy atom. The molecule has 0 atom stereocenters. The van der Waals surface area contributed by atoms with Crippen LogP contribution in [0.5, 0.6) is 0 Å². The average Bonchev–Trinajstić information content (AvgIpc) is 2.27. The molecule has 0 saturated heterocycles. The van der Waals surface area contributed by atoms with Gasteiger partial charge >= 0.3 is 0 Å². The maximum Gasteiger partial charge on any atom is 0.232 e. The molecule has 0 radical (unpaired) electrons. The molecule has 0 spiro atoms. The van der Waals surface area contributed by atoms with E-state index in [1.54, 1.807) is 6.07 Å². The SMILES string of the molecule is CCc1ccccc1NS(=O)(=O)CCCN. The van der Waals surface area contributed by atoms with E-state index in [4.69, 9.17) is 5.73 Å². The van der Waals surface area contributed by atoms with Crippen molar-refractivity contribution in [2.75, 3.05) is 17.0 Å². The normalized spacial score (nSPS) is 11.4. The predicted molar refractivity (Wildman–Crippen MR) is 66.9 cm³/mol. The first-order valence-corrected chi connectivity index (χ1v) is 7.02. The predicted octanol–water partition coefficient (Wildman–Crippen LogP) is 1.34. The minimum Gasteiger partial charge on any atom is -0.330 e. The van der Waals surface area contributed by atoms with Gasteiger partial charge in [-0.05, 0) is 31.0 Å². The molecule has 0 heterocycles. The van der Waals surface area contributed by atoms with Gasteiger partial charge in [-0.2, -0.15) is 0 Å². The van der Waals surface area contributed by atoms with Crippen molar-refractivity contribution in [2.24, 2.45) is 5.73 Å². The van der Waals surface area contributed by atoms with Crippen molar-refractivity contribution in [3.8, 4) is 0 Å². The van der Waals surface area contributed by atoms with Gasteiger partial charge in [0.25, 0.3) is 0 Å². The van der Waals surface area contributed by atoms with E-state index >= 15 is 0 Å². The Morgan fingerprint density at radius 1 is 1.31 bits per heavy atom. The molecular formula is C11H18N2O2S. The summed E-state index contributed by atoms with van der Waals surface area (Å²) in [6.07, 6.45) is 1.28. The highest BCUT2D eigenvalue weighted by Gasteiger charge is 2.11. The lowest BCUT2D eigenvalue weighted by Crippen LogP contribution is -2.19. The van der Waals surface area contributed by atoms with Crippen molar-refractivity contribution >= 4 is 15.7 Å². The molecule has 0 unspecified atom stereocenters. The van der Waals surface area contributed by atoms with Crippen LogP contribution in [0.3, 0.4) is 0 Å². The summed E-state index contributed by atoms with van der Waals surface area (Å²) >= 11 is 0. The maximum atomic E-state index is 11.7. The third-order valence-electron chi connectivity index (χ3n) is 2.28. The van der Waals surface area contributed by atoms with Crippen molar-refractivity contribution in [3.05, 3.63) is 29.8 Å². The monoisotopic (exact) mass is 242 g/mol. The van der Waals surface area contributed by atoms with Crippen LogP contribution in [0.4, 0.5) is 5.69 Å². The molecule has 1 aromatic carbocycles. The minimum atomic E-state index is -3.26. The Kier molecular flexibility index (Phi) is 4.76. The van der Waals surface area contributed by atoms with Gasteiger partial charge in [0.15, 0.2) is 0 Å². The first-order chi connectivity index (χ1) is 7.59. The highest BCUT2D eigenvalue weighted by Crippen LogP contribution is 2.17. The summed E-state index contributed by atoms with van der Waals surface area (Å²) in [4.78, 5) is 0. The number of aryl methyl sites for hydroxylation is 1. The number of anilines is 1. The van der Waals surface area contributed by atoms with Gasteiger partial charge in [0.05, 0.1) is 11.4 Å². The fraction of sp³-hybridized carbons (Fsp3) is 0.455. The standard InChI is InChI=1S/C11H18N2O2S/c1-2-10-6-3-4-7-11(10)13-16(14,15)9-5-8-12/h3-4,6-7,13H,2,5,8-9,12H2,1H3. The number of hydrogen-bond acceptors (Lipinski definition) is 3. The molecule has 0 aromatic heterocycles. The fourth-order valence-corrected chi connectivity index (χ4v) is 2.60. The topological polar surface area (TPSA) is 72.2 Å². The summed E-state index contributed by atoms with van der Waals surface area (Å²) in [6, 6.07) is 7.41. The smallest absolute Gasteiger partial charge is 0.232 e. The molecule has 0 aliphatic carbocycles. The van der Waals surface area contributed by atoms with Crippen LogP contribution in [0.2, 0.25) is 0 Å². The van der Waals surface area contributed by atoms with Gasteiger partial charge in [-0.3, -0.25) is 4.72 Å². The molecule has 3 N–H and O–H groups in total. The van der Waals surface area contributed by atoms with E-state index in [0.717, 1.165) is 12.0 Å². The average molecular weight is 242 g/mol. The zero-order valence-corrected chi connectivity index (χ0v) is 10.3. The lowest BCUT2D eigenvalue weighted by Gasteiger charge is -2.10. The molecule has 1 aromatic rings. The van der Waals surface area contributed by atoms with Gasteiger partial charge in [0.1, 0.15) is 0 Å². The molecular weight excluding hydrogens is 224 g/mol. The summed E-state index contributed by atoms with van der Waals surface area (Å²) in [5.74, 6) is 0.0710. The highest BCUT2D eigenvalue weighted by molar-refractivity contribution is 7.92. The van der Waals surface area contributed by atoms with Gasteiger partial charge in [-0.1, -0.05) is 25.1 Å².